The van der Waals surface area contributed by atoms with Crippen LogP contribution in [-0.2, 0) is 9.53 Å². The van der Waals surface area contributed by atoms with Crippen LogP contribution in [0.1, 0.15) is 19.8 Å². The fourth-order valence-electron chi connectivity index (χ4n) is 2.76. The molecule has 0 radical (unpaired) electrons. The molecule has 0 aromatic heterocycles. The van der Waals surface area contributed by atoms with Gasteiger partial charge in [0.2, 0.25) is 5.91 Å². The van der Waals surface area contributed by atoms with Gasteiger partial charge in [0.1, 0.15) is 0 Å². The van der Waals surface area contributed by atoms with Crippen molar-refractivity contribution in [3.8, 4) is 0 Å². The van der Waals surface area contributed by atoms with Gasteiger partial charge in [-0.25, -0.2) is 0 Å². The number of carbonyl (C=O) groups excluding carboxylic acids is 1. The quantitative estimate of drug-likeness (QED) is 0.761. The number of methoxy groups -OCH3 is 1. The number of likely N-dealkylation sites (tertiary alicyclic amines) is 1. The standard InChI is InChI=1S/C12H22N2O2/c1-9-6-14(7-10(9)8-16-2)12(15)11-4-3-5-13-11/h9-11,13H,3-8H2,1-2H3/t9-,10+,11+/m1/s1. The van der Waals surface area contributed by atoms with Crippen LogP contribution in [0.5, 0.6) is 0 Å². The van der Waals surface area contributed by atoms with Crippen LogP contribution in [-0.4, -0.2) is 50.2 Å². The molecular formula is C12H22N2O2. The lowest BCUT2D eigenvalue weighted by Gasteiger charge is -2.20. The van der Waals surface area contributed by atoms with E-state index in [1.807, 2.05) is 4.90 Å². The molecule has 1 amide bonds. The first kappa shape index (κ1) is 11.9. The van der Waals surface area contributed by atoms with Gasteiger partial charge < -0.3 is 15.0 Å². The van der Waals surface area contributed by atoms with Gasteiger partial charge in [0.15, 0.2) is 0 Å². The number of nitrogens with zero attached hydrogens (tertiary/aromatic N) is 1. The van der Waals surface area contributed by atoms with E-state index in [0.29, 0.717) is 17.7 Å². The van der Waals surface area contributed by atoms with E-state index in [-0.39, 0.29) is 6.04 Å². The van der Waals surface area contributed by atoms with Crippen molar-refractivity contribution in [2.75, 3.05) is 33.4 Å². The predicted octanol–water partition coefficient (Wildman–Crippen LogP) is 0.479. The van der Waals surface area contributed by atoms with Crippen molar-refractivity contribution in [3.05, 3.63) is 0 Å². The minimum absolute atomic E-state index is 0.0773. The molecule has 2 saturated heterocycles. The Morgan fingerprint density at radius 2 is 2.31 bits per heavy atom. The van der Waals surface area contributed by atoms with Crippen molar-refractivity contribution in [2.24, 2.45) is 11.8 Å². The second-order valence-corrected chi connectivity index (χ2v) is 5.08. The Bertz CT molecular complexity index is 251. The number of amides is 1. The summed E-state index contributed by atoms with van der Waals surface area (Å²) < 4.78 is 5.20. The zero-order valence-electron chi connectivity index (χ0n) is 10.2. The van der Waals surface area contributed by atoms with Crippen molar-refractivity contribution in [1.29, 1.82) is 0 Å². The highest BCUT2D eigenvalue weighted by Gasteiger charge is 2.35. The highest BCUT2D eigenvalue weighted by Crippen LogP contribution is 2.24. The van der Waals surface area contributed by atoms with Gasteiger partial charge in [0.25, 0.3) is 0 Å². The molecule has 2 rings (SSSR count). The van der Waals surface area contributed by atoms with E-state index >= 15 is 0 Å². The van der Waals surface area contributed by atoms with Crippen molar-refractivity contribution < 1.29 is 9.53 Å². The molecule has 4 nitrogen and oxygen atoms in total. The molecule has 2 aliphatic rings. The summed E-state index contributed by atoms with van der Waals surface area (Å²) in [5.74, 6) is 1.36. The van der Waals surface area contributed by atoms with E-state index in [2.05, 4.69) is 12.2 Å². The number of carbonyl (C=O) groups is 1. The zero-order chi connectivity index (χ0) is 11.5. The summed E-state index contributed by atoms with van der Waals surface area (Å²) in [6.07, 6.45) is 2.12. The van der Waals surface area contributed by atoms with Crippen LogP contribution in [0.25, 0.3) is 0 Å². The Labute approximate surface area is 97.3 Å². The average molecular weight is 226 g/mol. The maximum Gasteiger partial charge on any atom is 0.239 e. The minimum Gasteiger partial charge on any atom is -0.384 e. The van der Waals surface area contributed by atoms with E-state index in [0.717, 1.165) is 39.1 Å². The molecule has 3 atom stereocenters. The maximum absolute atomic E-state index is 12.2. The molecule has 0 saturated carbocycles. The molecule has 16 heavy (non-hydrogen) atoms. The Morgan fingerprint density at radius 3 is 2.94 bits per heavy atom. The summed E-state index contributed by atoms with van der Waals surface area (Å²) in [5, 5.41) is 3.27. The number of ether oxygens (including phenoxy) is 1. The summed E-state index contributed by atoms with van der Waals surface area (Å²) in [5.41, 5.74) is 0. The predicted molar refractivity (Wildman–Crippen MR) is 62.1 cm³/mol. The van der Waals surface area contributed by atoms with E-state index in [1.54, 1.807) is 7.11 Å². The average Bonchev–Trinajstić information content (AvgIpc) is 2.88. The zero-order valence-corrected chi connectivity index (χ0v) is 10.2. The summed E-state index contributed by atoms with van der Waals surface area (Å²) in [4.78, 5) is 14.2. The summed E-state index contributed by atoms with van der Waals surface area (Å²) in [6.45, 7) is 5.72. The third-order valence-electron chi connectivity index (χ3n) is 3.82. The van der Waals surface area contributed by atoms with Crippen LogP contribution in [0.4, 0.5) is 0 Å². The highest BCUT2D eigenvalue weighted by molar-refractivity contribution is 5.82. The number of hydrogen-bond donors (Lipinski definition) is 1. The highest BCUT2D eigenvalue weighted by atomic mass is 16.5. The SMILES string of the molecule is COC[C@@H]1CN(C(=O)[C@@H]2CCCN2)C[C@H]1C. The van der Waals surface area contributed by atoms with Gasteiger partial charge in [0.05, 0.1) is 12.6 Å². The van der Waals surface area contributed by atoms with Crippen LogP contribution >= 0.6 is 0 Å². The third kappa shape index (κ3) is 2.38. The second kappa shape index (κ2) is 5.15. The first-order chi connectivity index (χ1) is 7.72. The van der Waals surface area contributed by atoms with Crippen LogP contribution in [0.3, 0.4) is 0 Å². The molecule has 92 valence electrons. The number of nitrogens with one attached hydrogen (secondary N) is 1. The van der Waals surface area contributed by atoms with Gasteiger partial charge in [-0.15, -0.1) is 0 Å². The van der Waals surface area contributed by atoms with Crippen molar-refractivity contribution >= 4 is 5.91 Å². The van der Waals surface area contributed by atoms with Gasteiger partial charge >= 0.3 is 0 Å². The largest absolute Gasteiger partial charge is 0.384 e. The van der Waals surface area contributed by atoms with Gasteiger partial charge in [-0.2, -0.15) is 0 Å². The molecule has 2 fully saturated rings. The lowest BCUT2D eigenvalue weighted by Crippen LogP contribution is -2.42. The van der Waals surface area contributed by atoms with Crippen molar-refractivity contribution in [1.82, 2.24) is 10.2 Å². The second-order valence-electron chi connectivity index (χ2n) is 5.08. The summed E-state index contributed by atoms with van der Waals surface area (Å²) in [6, 6.07) is 0.0773. The normalized spacial score (nSPS) is 34.6. The Morgan fingerprint density at radius 1 is 1.50 bits per heavy atom. The van der Waals surface area contributed by atoms with Crippen LogP contribution < -0.4 is 5.32 Å². The topological polar surface area (TPSA) is 41.6 Å². The molecule has 0 aromatic rings. The lowest BCUT2D eigenvalue weighted by molar-refractivity contribution is -0.132. The molecule has 2 aliphatic heterocycles. The van der Waals surface area contributed by atoms with Crippen LogP contribution in [0.15, 0.2) is 0 Å². The molecule has 4 heteroatoms. The summed E-state index contributed by atoms with van der Waals surface area (Å²) >= 11 is 0. The van der Waals surface area contributed by atoms with E-state index < -0.39 is 0 Å². The Balaban J connectivity index is 1.88. The third-order valence-corrected chi connectivity index (χ3v) is 3.82. The fourth-order valence-corrected chi connectivity index (χ4v) is 2.76. The van der Waals surface area contributed by atoms with E-state index in [1.165, 1.54) is 0 Å². The number of rotatable bonds is 3. The molecular weight excluding hydrogens is 204 g/mol. The molecule has 0 aliphatic carbocycles. The molecule has 2 heterocycles. The molecule has 1 N–H and O–H groups in total. The minimum atomic E-state index is 0.0773. The van der Waals surface area contributed by atoms with Crippen LogP contribution in [0, 0.1) is 11.8 Å². The smallest absolute Gasteiger partial charge is 0.239 e. The van der Waals surface area contributed by atoms with E-state index in [4.69, 9.17) is 4.74 Å². The van der Waals surface area contributed by atoms with Crippen molar-refractivity contribution in [3.63, 3.8) is 0 Å². The lowest BCUT2D eigenvalue weighted by atomic mass is 10.00. The molecule has 0 spiro atoms. The fraction of sp³-hybridized carbons (Fsp3) is 0.917. The monoisotopic (exact) mass is 226 g/mol. The van der Waals surface area contributed by atoms with Crippen molar-refractivity contribution in [2.45, 2.75) is 25.8 Å². The molecule has 0 aromatic carbocycles. The van der Waals surface area contributed by atoms with Crippen LogP contribution in [0.2, 0.25) is 0 Å². The van der Waals surface area contributed by atoms with Gasteiger partial charge in [0, 0.05) is 26.1 Å². The maximum atomic E-state index is 12.2. The Hall–Kier alpha value is -0.610. The number of hydrogen-bond acceptors (Lipinski definition) is 3. The van der Waals surface area contributed by atoms with Gasteiger partial charge in [-0.05, 0) is 25.3 Å². The van der Waals surface area contributed by atoms with E-state index in [9.17, 15) is 4.79 Å². The first-order valence-corrected chi connectivity index (χ1v) is 6.23. The molecule has 0 unspecified atom stereocenters. The summed E-state index contributed by atoms with van der Waals surface area (Å²) in [7, 11) is 1.73. The molecule has 0 bridgehead atoms. The van der Waals surface area contributed by atoms with Gasteiger partial charge in [-0.3, -0.25) is 4.79 Å². The first-order valence-electron chi connectivity index (χ1n) is 6.23. The van der Waals surface area contributed by atoms with Gasteiger partial charge in [-0.1, -0.05) is 6.92 Å². The Kier molecular flexibility index (Phi) is 3.82.